The molecule has 0 bridgehead atoms. The number of carbonyl (C=O) groups excluding carboxylic acids is 1. The first kappa shape index (κ1) is 13.8. The predicted octanol–water partition coefficient (Wildman–Crippen LogP) is 0.736. The van der Waals surface area contributed by atoms with Gasteiger partial charge in [0, 0.05) is 19.3 Å². The highest BCUT2D eigenvalue weighted by atomic mass is 35.5. The van der Waals surface area contributed by atoms with Gasteiger partial charge in [-0.05, 0) is 18.6 Å². The number of pyridine rings is 1. The van der Waals surface area contributed by atoms with Gasteiger partial charge in [-0.25, -0.2) is 4.98 Å². The summed E-state index contributed by atoms with van der Waals surface area (Å²) in [5.41, 5.74) is -2.64. The fourth-order valence-corrected chi connectivity index (χ4v) is 3.21. The first-order valence-electron chi connectivity index (χ1n) is 6.20. The Morgan fingerprint density at radius 2 is 1.71 bits per heavy atom. The second kappa shape index (κ2) is 4.17. The van der Waals surface area contributed by atoms with Gasteiger partial charge in [0.25, 0.3) is 5.91 Å². The van der Waals surface area contributed by atoms with Gasteiger partial charge in [-0.3, -0.25) is 14.4 Å². The molecule has 0 aromatic carbocycles. The molecule has 2 N–H and O–H groups in total. The molecule has 110 valence electrons. The van der Waals surface area contributed by atoms with Crippen molar-refractivity contribution in [1.29, 1.82) is 0 Å². The third-order valence-electron chi connectivity index (χ3n) is 4.37. The number of hydrogen-bond donors (Lipinski definition) is 2. The first-order chi connectivity index (χ1) is 9.82. The van der Waals surface area contributed by atoms with E-state index in [1.54, 1.807) is 0 Å². The molecule has 1 amide bonds. The molecule has 1 aromatic heterocycles. The van der Waals surface area contributed by atoms with E-state index in [9.17, 15) is 24.6 Å². The average Bonchev–Trinajstić information content (AvgIpc) is 2.98. The van der Waals surface area contributed by atoms with Crippen molar-refractivity contribution in [2.75, 3.05) is 13.1 Å². The number of halogens is 1. The molecule has 1 aliphatic carbocycles. The Hall–Kier alpha value is -2.15. The predicted molar refractivity (Wildman–Crippen MR) is 69.9 cm³/mol. The van der Waals surface area contributed by atoms with Crippen molar-refractivity contribution in [3.05, 3.63) is 29.0 Å². The molecule has 3 rings (SSSR count). The Labute approximate surface area is 124 Å². The monoisotopic (exact) mass is 310 g/mol. The highest BCUT2D eigenvalue weighted by Crippen LogP contribution is 2.68. The fraction of sp³-hybridized carbons (Fsp3) is 0.385. The zero-order valence-corrected chi connectivity index (χ0v) is 11.5. The summed E-state index contributed by atoms with van der Waals surface area (Å²) in [6, 6.07) is 2.92. The number of likely N-dealkylation sites (tertiary alicyclic amines) is 1. The van der Waals surface area contributed by atoms with Gasteiger partial charge >= 0.3 is 11.9 Å². The van der Waals surface area contributed by atoms with Crippen molar-refractivity contribution < 1.29 is 24.6 Å². The van der Waals surface area contributed by atoms with Crippen LogP contribution in [0.25, 0.3) is 0 Å². The third kappa shape index (κ3) is 1.73. The van der Waals surface area contributed by atoms with E-state index >= 15 is 0 Å². The van der Waals surface area contributed by atoms with Crippen LogP contribution in [0.15, 0.2) is 18.3 Å². The first-order valence-corrected chi connectivity index (χ1v) is 6.58. The Morgan fingerprint density at radius 1 is 1.14 bits per heavy atom. The van der Waals surface area contributed by atoms with E-state index < -0.39 is 28.7 Å². The lowest BCUT2D eigenvalue weighted by Gasteiger charge is -2.19. The quantitative estimate of drug-likeness (QED) is 0.852. The molecule has 1 aliphatic heterocycles. The molecule has 7 nitrogen and oxygen atoms in total. The van der Waals surface area contributed by atoms with Gasteiger partial charge in [0.05, 0.1) is 5.02 Å². The number of piperidine rings is 1. The molecule has 2 aliphatic rings. The van der Waals surface area contributed by atoms with Gasteiger partial charge in [0.15, 0.2) is 0 Å². The van der Waals surface area contributed by atoms with Crippen molar-refractivity contribution in [3.63, 3.8) is 0 Å². The summed E-state index contributed by atoms with van der Waals surface area (Å²) in [6.07, 6.45) is 1.37. The van der Waals surface area contributed by atoms with Crippen molar-refractivity contribution in [1.82, 2.24) is 9.88 Å². The summed E-state index contributed by atoms with van der Waals surface area (Å²) < 4.78 is 0. The second-order valence-corrected chi connectivity index (χ2v) is 5.91. The molecule has 0 unspecified atom stereocenters. The van der Waals surface area contributed by atoms with Crippen LogP contribution in [0.4, 0.5) is 0 Å². The smallest absolute Gasteiger partial charge is 0.312 e. The summed E-state index contributed by atoms with van der Waals surface area (Å²) in [5, 5.41) is 19.0. The van der Waals surface area contributed by atoms with Crippen LogP contribution in [-0.4, -0.2) is 51.0 Å². The van der Waals surface area contributed by atoms with Crippen molar-refractivity contribution in [2.45, 2.75) is 6.42 Å². The van der Waals surface area contributed by atoms with Crippen LogP contribution in [0, 0.1) is 10.8 Å². The van der Waals surface area contributed by atoms with E-state index in [2.05, 4.69) is 4.98 Å². The molecular weight excluding hydrogens is 300 g/mol. The number of aliphatic carboxylic acids is 2. The Kier molecular flexibility index (Phi) is 2.75. The van der Waals surface area contributed by atoms with Crippen molar-refractivity contribution >= 4 is 29.4 Å². The molecule has 2 heterocycles. The topological polar surface area (TPSA) is 108 Å². The van der Waals surface area contributed by atoms with E-state index in [0.29, 0.717) is 5.02 Å². The Balaban J connectivity index is 1.87. The van der Waals surface area contributed by atoms with E-state index in [1.165, 1.54) is 23.2 Å². The largest absolute Gasteiger partial charge is 0.481 e. The molecule has 1 saturated heterocycles. The molecule has 1 saturated carbocycles. The minimum Gasteiger partial charge on any atom is -0.481 e. The van der Waals surface area contributed by atoms with Gasteiger partial charge < -0.3 is 15.1 Å². The molecule has 1 aromatic rings. The van der Waals surface area contributed by atoms with Crippen LogP contribution in [-0.2, 0) is 9.59 Å². The molecule has 2 atom stereocenters. The molecule has 2 fully saturated rings. The van der Waals surface area contributed by atoms with E-state index in [-0.39, 0.29) is 25.2 Å². The lowest BCUT2D eigenvalue weighted by Crippen LogP contribution is -2.34. The van der Waals surface area contributed by atoms with Crippen LogP contribution < -0.4 is 0 Å². The lowest BCUT2D eigenvalue weighted by molar-refractivity contribution is -0.151. The number of carbonyl (C=O) groups is 3. The molecule has 0 spiro atoms. The molecule has 8 heteroatoms. The van der Waals surface area contributed by atoms with Crippen molar-refractivity contribution in [2.24, 2.45) is 10.8 Å². The summed E-state index contributed by atoms with van der Waals surface area (Å²) in [6.45, 7) is -0.227. The summed E-state index contributed by atoms with van der Waals surface area (Å²) in [7, 11) is 0. The van der Waals surface area contributed by atoms with Crippen LogP contribution in [0.2, 0.25) is 5.02 Å². The SMILES string of the molecule is O=C(c1ccc(Cl)cn1)N1C[C@@]2(C(=O)O)C[C@@]2(C(=O)O)C1. The van der Waals surface area contributed by atoms with Crippen LogP contribution >= 0.6 is 11.6 Å². The zero-order valence-electron chi connectivity index (χ0n) is 10.7. The van der Waals surface area contributed by atoms with Crippen LogP contribution in [0.1, 0.15) is 16.9 Å². The Morgan fingerprint density at radius 3 is 2.14 bits per heavy atom. The number of aromatic nitrogens is 1. The highest BCUT2D eigenvalue weighted by Gasteiger charge is 2.81. The number of rotatable bonds is 3. The third-order valence-corrected chi connectivity index (χ3v) is 4.59. The number of carboxylic acid groups (broad SMARTS) is 2. The van der Waals surface area contributed by atoms with E-state index in [4.69, 9.17) is 11.6 Å². The molecular formula is C13H11ClN2O5. The standard InChI is InChI=1S/C13H11ClN2O5/c14-7-1-2-8(15-3-7)9(17)16-5-12(10(18)19)4-13(12,6-16)11(20)21/h1-3H,4-6H2,(H,18,19)(H,20,21)/t12-,13+. The highest BCUT2D eigenvalue weighted by molar-refractivity contribution is 6.30. The van der Waals surface area contributed by atoms with Crippen molar-refractivity contribution in [3.8, 4) is 0 Å². The minimum absolute atomic E-state index is 0.0580. The maximum absolute atomic E-state index is 12.3. The number of hydrogen-bond acceptors (Lipinski definition) is 4. The van der Waals surface area contributed by atoms with Gasteiger partial charge in [0.1, 0.15) is 16.5 Å². The van der Waals surface area contributed by atoms with Gasteiger partial charge in [-0.2, -0.15) is 0 Å². The molecule has 0 radical (unpaired) electrons. The molecule has 21 heavy (non-hydrogen) atoms. The minimum atomic E-state index is -1.37. The fourth-order valence-electron chi connectivity index (χ4n) is 3.10. The maximum atomic E-state index is 12.3. The maximum Gasteiger partial charge on any atom is 0.312 e. The average molecular weight is 311 g/mol. The van der Waals surface area contributed by atoms with Crippen LogP contribution in [0.3, 0.4) is 0 Å². The zero-order chi connectivity index (χ0) is 15.4. The number of carboxylic acids is 2. The second-order valence-electron chi connectivity index (χ2n) is 5.47. The lowest BCUT2D eigenvalue weighted by atomic mass is 9.97. The van der Waals surface area contributed by atoms with Gasteiger partial charge in [-0.1, -0.05) is 11.6 Å². The van der Waals surface area contributed by atoms with E-state index in [1.807, 2.05) is 0 Å². The number of fused-ring (bicyclic) bond motifs is 1. The van der Waals surface area contributed by atoms with Gasteiger partial charge in [0.2, 0.25) is 0 Å². The van der Waals surface area contributed by atoms with Gasteiger partial charge in [-0.15, -0.1) is 0 Å². The number of amides is 1. The number of nitrogens with zero attached hydrogens (tertiary/aromatic N) is 2. The van der Waals surface area contributed by atoms with E-state index in [0.717, 1.165) is 0 Å². The summed E-state index contributed by atoms with van der Waals surface area (Å²) in [4.78, 5) is 40.2. The van der Waals surface area contributed by atoms with Crippen LogP contribution in [0.5, 0.6) is 0 Å². The normalized spacial score (nSPS) is 29.9. The Bertz CT molecular complexity index is 633. The summed E-state index contributed by atoms with van der Waals surface area (Å²) >= 11 is 5.69. The summed E-state index contributed by atoms with van der Waals surface area (Å²) in [5.74, 6) is -2.84.